The van der Waals surface area contributed by atoms with Gasteiger partial charge in [-0.15, -0.1) is 0 Å². The van der Waals surface area contributed by atoms with Crippen LogP contribution in [0.15, 0.2) is 24.4 Å². The summed E-state index contributed by atoms with van der Waals surface area (Å²) in [5.74, 6) is -1.09. The quantitative estimate of drug-likeness (QED) is 0.897. The highest BCUT2D eigenvalue weighted by atomic mass is 16.5. The van der Waals surface area contributed by atoms with Crippen molar-refractivity contribution in [3.05, 3.63) is 35.5 Å². The lowest BCUT2D eigenvalue weighted by Crippen LogP contribution is -2.49. The first-order chi connectivity index (χ1) is 11.1. The van der Waals surface area contributed by atoms with E-state index >= 15 is 0 Å². The fourth-order valence-electron chi connectivity index (χ4n) is 3.02. The maximum atomic E-state index is 12.5. The lowest BCUT2D eigenvalue weighted by atomic mass is 10.0. The van der Waals surface area contributed by atoms with E-state index in [1.54, 1.807) is 4.90 Å². The molecule has 2 aromatic rings. The molecule has 3 rings (SSSR count). The number of hydrogen-bond acceptors (Lipinski definition) is 3. The van der Waals surface area contributed by atoms with Crippen LogP contribution in [-0.4, -0.2) is 52.7 Å². The number of morpholine rings is 1. The molecule has 122 valence electrons. The van der Waals surface area contributed by atoms with Crippen molar-refractivity contribution in [1.82, 2.24) is 9.88 Å². The third kappa shape index (κ3) is 3.07. The summed E-state index contributed by atoms with van der Waals surface area (Å²) in [6.45, 7) is 2.90. The van der Waals surface area contributed by atoms with Crippen LogP contribution in [0.2, 0.25) is 0 Å². The summed E-state index contributed by atoms with van der Waals surface area (Å²) in [7, 11) is 0. The van der Waals surface area contributed by atoms with Gasteiger partial charge in [0, 0.05) is 23.6 Å². The lowest BCUT2D eigenvalue weighted by Gasteiger charge is -2.30. The minimum atomic E-state index is -1.03. The first-order valence-corrected chi connectivity index (χ1v) is 7.80. The highest BCUT2D eigenvalue weighted by Crippen LogP contribution is 2.23. The van der Waals surface area contributed by atoms with Gasteiger partial charge < -0.3 is 19.7 Å². The smallest absolute Gasteiger partial charge is 0.334 e. The number of carbonyl (C=O) groups is 2. The Kier molecular flexibility index (Phi) is 4.34. The van der Waals surface area contributed by atoms with Crippen LogP contribution in [0.25, 0.3) is 10.9 Å². The molecular weight excluding hydrogens is 296 g/mol. The van der Waals surface area contributed by atoms with Crippen molar-refractivity contribution in [3.63, 3.8) is 0 Å². The number of fused-ring (bicyclic) bond motifs is 1. The summed E-state index contributed by atoms with van der Waals surface area (Å²) in [6.07, 6.45) is 2.13. The van der Waals surface area contributed by atoms with E-state index in [-0.39, 0.29) is 25.5 Å². The minimum absolute atomic E-state index is 0.0673. The van der Waals surface area contributed by atoms with Gasteiger partial charge in [0.25, 0.3) is 0 Å². The molecule has 1 atom stereocenters. The molecule has 6 nitrogen and oxygen atoms in total. The van der Waals surface area contributed by atoms with Crippen LogP contribution in [0, 0.1) is 0 Å². The molecular formula is C17H20N2O4. The minimum Gasteiger partial charge on any atom is -0.479 e. The molecule has 1 unspecified atom stereocenters. The number of para-hydroxylation sites is 1. The molecule has 1 fully saturated rings. The van der Waals surface area contributed by atoms with Crippen LogP contribution in [0.3, 0.4) is 0 Å². The third-order valence-electron chi connectivity index (χ3n) is 4.30. The van der Waals surface area contributed by atoms with Crippen molar-refractivity contribution in [2.24, 2.45) is 0 Å². The molecule has 1 aromatic carbocycles. The summed E-state index contributed by atoms with van der Waals surface area (Å²) < 4.78 is 5.16. The Morgan fingerprint density at radius 3 is 2.96 bits per heavy atom. The van der Waals surface area contributed by atoms with E-state index in [1.165, 1.54) is 5.56 Å². The topological polar surface area (TPSA) is 82.6 Å². The summed E-state index contributed by atoms with van der Waals surface area (Å²) in [4.78, 5) is 28.3. The lowest BCUT2D eigenvalue weighted by molar-refractivity contribution is -0.159. The Morgan fingerprint density at radius 2 is 2.22 bits per heavy atom. The fraction of sp³-hybridized carbons (Fsp3) is 0.412. The van der Waals surface area contributed by atoms with Gasteiger partial charge in [-0.3, -0.25) is 4.79 Å². The average Bonchev–Trinajstić information content (AvgIpc) is 2.98. The van der Waals surface area contributed by atoms with Crippen LogP contribution in [-0.2, 0) is 27.2 Å². The number of ether oxygens (including phenoxy) is 1. The number of nitrogens with zero attached hydrogens (tertiary/aromatic N) is 1. The zero-order valence-electron chi connectivity index (χ0n) is 13.0. The molecule has 1 amide bonds. The van der Waals surface area contributed by atoms with E-state index in [0.29, 0.717) is 6.54 Å². The second-order valence-corrected chi connectivity index (χ2v) is 5.72. The van der Waals surface area contributed by atoms with Crippen LogP contribution in [0.5, 0.6) is 0 Å². The molecule has 23 heavy (non-hydrogen) atoms. The first-order valence-electron chi connectivity index (χ1n) is 7.80. The van der Waals surface area contributed by atoms with Crippen LogP contribution in [0.1, 0.15) is 18.1 Å². The molecule has 2 N–H and O–H groups in total. The fourth-order valence-corrected chi connectivity index (χ4v) is 3.02. The molecule has 1 aliphatic rings. The second kappa shape index (κ2) is 6.42. The van der Waals surface area contributed by atoms with E-state index in [9.17, 15) is 9.59 Å². The Morgan fingerprint density at radius 1 is 1.39 bits per heavy atom. The summed E-state index contributed by atoms with van der Waals surface area (Å²) >= 11 is 0. The monoisotopic (exact) mass is 316 g/mol. The number of aromatic amines is 1. The number of aliphatic carboxylic acids is 1. The molecule has 1 aliphatic heterocycles. The highest BCUT2D eigenvalue weighted by molar-refractivity contribution is 5.90. The van der Waals surface area contributed by atoms with Gasteiger partial charge in [-0.05, 0) is 17.5 Å². The Bertz CT molecular complexity index is 737. The van der Waals surface area contributed by atoms with Crippen molar-refractivity contribution in [2.75, 3.05) is 19.7 Å². The number of benzene rings is 1. The molecule has 6 heteroatoms. The normalized spacial score (nSPS) is 18.3. The van der Waals surface area contributed by atoms with Gasteiger partial charge in [0.05, 0.1) is 19.6 Å². The van der Waals surface area contributed by atoms with E-state index < -0.39 is 12.1 Å². The largest absolute Gasteiger partial charge is 0.479 e. The van der Waals surface area contributed by atoms with E-state index in [4.69, 9.17) is 9.84 Å². The van der Waals surface area contributed by atoms with Crippen LogP contribution >= 0.6 is 0 Å². The number of hydrogen-bond donors (Lipinski definition) is 2. The van der Waals surface area contributed by atoms with Crippen molar-refractivity contribution in [3.8, 4) is 0 Å². The van der Waals surface area contributed by atoms with E-state index in [2.05, 4.69) is 18.0 Å². The van der Waals surface area contributed by atoms with Gasteiger partial charge in [0.15, 0.2) is 6.10 Å². The van der Waals surface area contributed by atoms with E-state index in [1.807, 2.05) is 18.3 Å². The molecule has 2 heterocycles. The van der Waals surface area contributed by atoms with Crippen molar-refractivity contribution in [1.29, 1.82) is 0 Å². The van der Waals surface area contributed by atoms with Gasteiger partial charge in [-0.1, -0.05) is 25.1 Å². The standard InChI is InChI=1S/C17H20N2O4/c1-2-11-4-3-5-13-12(9-18-16(11)13)8-15(20)19-6-7-23-14(10-19)17(21)22/h3-5,9,14,18H,2,6-8,10H2,1H3,(H,21,22). The second-order valence-electron chi connectivity index (χ2n) is 5.72. The van der Waals surface area contributed by atoms with Gasteiger partial charge in [-0.25, -0.2) is 4.79 Å². The highest BCUT2D eigenvalue weighted by Gasteiger charge is 2.29. The third-order valence-corrected chi connectivity index (χ3v) is 4.30. The van der Waals surface area contributed by atoms with Crippen molar-refractivity contribution < 1.29 is 19.4 Å². The first kappa shape index (κ1) is 15.6. The SMILES string of the molecule is CCc1cccc2c(CC(=O)N3CCOC(C(=O)O)C3)c[nH]c12. The van der Waals surface area contributed by atoms with Crippen LogP contribution < -0.4 is 0 Å². The molecule has 1 saturated heterocycles. The van der Waals surface area contributed by atoms with Crippen molar-refractivity contribution >= 4 is 22.8 Å². The molecule has 0 spiro atoms. The van der Waals surface area contributed by atoms with E-state index in [0.717, 1.165) is 22.9 Å². The zero-order chi connectivity index (χ0) is 16.4. The number of aromatic nitrogens is 1. The zero-order valence-corrected chi connectivity index (χ0v) is 13.0. The number of H-pyrrole nitrogens is 1. The predicted octanol–water partition coefficient (Wildman–Crippen LogP) is 1.58. The van der Waals surface area contributed by atoms with Crippen molar-refractivity contribution in [2.45, 2.75) is 25.9 Å². The van der Waals surface area contributed by atoms with Gasteiger partial charge in [0.2, 0.25) is 5.91 Å². The maximum absolute atomic E-state index is 12.5. The number of carboxylic acid groups (broad SMARTS) is 1. The summed E-state index contributed by atoms with van der Waals surface area (Å²) in [5.41, 5.74) is 3.24. The predicted molar refractivity (Wildman–Crippen MR) is 85.3 cm³/mol. The average molecular weight is 316 g/mol. The van der Waals surface area contributed by atoms with Crippen LogP contribution in [0.4, 0.5) is 0 Å². The molecule has 0 aliphatic carbocycles. The maximum Gasteiger partial charge on any atom is 0.334 e. The molecule has 1 aromatic heterocycles. The van der Waals surface area contributed by atoms with Gasteiger partial charge in [-0.2, -0.15) is 0 Å². The Hall–Kier alpha value is -2.34. The number of rotatable bonds is 4. The number of amides is 1. The van der Waals surface area contributed by atoms with Gasteiger partial charge in [0.1, 0.15) is 0 Å². The number of nitrogens with one attached hydrogen (secondary N) is 1. The summed E-state index contributed by atoms with van der Waals surface area (Å²) in [6, 6.07) is 6.08. The molecule has 0 saturated carbocycles. The Labute approximate surface area is 134 Å². The Balaban J connectivity index is 1.77. The van der Waals surface area contributed by atoms with Gasteiger partial charge >= 0.3 is 5.97 Å². The summed E-state index contributed by atoms with van der Waals surface area (Å²) in [5, 5.41) is 10.1. The molecule has 0 bridgehead atoms. The number of aryl methyl sites for hydroxylation is 1. The number of carboxylic acids is 1. The number of carbonyl (C=O) groups excluding carboxylic acids is 1. The molecule has 0 radical (unpaired) electrons.